The van der Waals surface area contributed by atoms with Crippen LogP contribution in [0.3, 0.4) is 0 Å². The summed E-state index contributed by atoms with van der Waals surface area (Å²) in [6.07, 6.45) is 4.22. The molecule has 1 atom stereocenters. The quantitative estimate of drug-likeness (QED) is 0.898. The fourth-order valence-electron chi connectivity index (χ4n) is 3.60. The molecule has 2 fully saturated rings. The molecule has 3 rings (SSSR count). The SMILES string of the molecule is O=S(=O)(Cc1ccc(F)c(Cl)c1)N1CCC(C2CCCN2)CC1. The third-order valence-corrected chi connectivity index (χ3v) is 7.03. The third kappa shape index (κ3) is 4.05. The maximum atomic E-state index is 13.2. The van der Waals surface area contributed by atoms with Crippen molar-refractivity contribution in [2.45, 2.75) is 37.5 Å². The lowest BCUT2D eigenvalue weighted by atomic mass is 9.89. The zero-order valence-corrected chi connectivity index (χ0v) is 14.5. The van der Waals surface area contributed by atoms with Gasteiger partial charge in [0.2, 0.25) is 10.0 Å². The van der Waals surface area contributed by atoms with Crippen LogP contribution >= 0.6 is 11.6 Å². The second kappa shape index (κ2) is 7.05. The Morgan fingerprint density at radius 1 is 1.26 bits per heavy atom. The van der Waals surface area contributed by atoms with Gasteiger partial charge in [-0.1, -0.05) is 17.7 Å². The van der Waals surface area contributed by atoms with Gasteiger partial charge in [-0.25, -0.2) is 17.1 Å². The van der Waals surface area contributed by atoms with Gasteiger partial charge in [-0.2, -0.15) is 0 Å². The van der Waals surface area contributed by atoms with E-state index in [0.717, 1.165) is 19.4 Å². The summed E-state index contributed by atoms with van der Waals surface area (Å²) < 4.78 is 39.8. The smallest absolute Gasteiger partial charge is 0.218 e. The summed E-state index contributed by atoms with van der Waals surface area (Å²) >= 11 is 5.73. The Hall–Kier alpha value is -0.690. The number of nitrogens with zero attached hydrogens (tertiary/aromatic N) is 1. The van der Waals surface area contributed by atoms with Crippen molar-refractivity contribution >= 4 is 21.6 Å². The normalized spacial score (nSPS) is 24.2. The Bertz CT molecular complexity index is 654. The molecule has 4 nitrogen and oxygen atoms in total. The molecule has 2 aliphatic heterocycles. The predicted octanol–water partition coefficient (Wildman–Crippen LogP) is 2.77. The van der Waals surface area contributed by atoms with Gasteiger partial charge < -0.3 is 5.32 Å². The van der Waals surface area contributed by atoms with Crippen LogP contribution < -0.4 is 5.32 Å². The van der Waals surface area contributed by atoms with Gasteiger partial charge in [-0.15, -0.1) is 0 Å². The summed E-state index contributed by atoms with van der Waals surface area (Å²) in [4.78, 5) is 0. The highest BCUT2D eigenvalue weighted by Gasteiger charge is 2.32. The third-order valence-electron chi connectivity index (χ3n) is 4.89. The standard InChI is InChI=1S/C16H22ClFN2O2S/c17-14-10-12(3-4-15(14)18)11-23(21,22)20-8-5-13(6-9-20)16-2-1-7-19-16/h3-4,10,13,16,19H,1-2,5-9,11H2. The molecule has 2 saturated heterocycles. The van der Waals surface area contributed by atoms with Gasteiger partial charge in [-0.3, -0.25) is 0 Å². The van der Waals surface area contributed by atoms with Gasteiger partial charge in [0.05, 0.1) is 10.8 Å². The molecule has 1 unspecified atom stereocenters. The number of sulfonamides is 1. The molecule has 2 heterocycles. The highest BCUT2D eigenvalue weighted by atomic mass is 35.5. The second-order valence-corrected chi connectivity index (χ2v) is 8.82. The van der Waals surface area contributed by atoms with E-state index in [1.165, 1.54) is 31.0 Å². The summed E-state index contributed by atoms with van der Waals surface area (Å²) in [6, 6.07) is 4.64. The zero-order valence-electron chi connectivity index (χ0n) is 13.0. The minimum Gasteiger partial charge on any atom is -0.314 e. The first-order valence-electron chi connectivity index (χ1n) is 8.11. The molecule has 0 spiro atoms. The molecule has 1 N–H and O–H groups in total. The zero-order chi connectivity index (χ0) is 16.4. The maximum absolute atomic E-state index is 13.2. The molecule has 2 aliphatic rings. The molecule has 0 radical (unpaired) electrons. The lowest BCUT2D eigenvalue weighted by Crippen LogP contribution is -2.43. The predicted molar refractivity (Wildman–Crippen MR) is 89.4 cm³/mol. The number of hydrogen-bond acceptors (Lipinski definition) is 3. The van der Waals surface area contributed by atoms with Crippen molar-refractivity contribution in [3.8, 4) is 0 Å². The molecule has 0 aliphatic carbocycles. The minimum absolute atomic E-state index is 0.0382. The van der Waals surface area contributed by atoms with E-state index in [2.05, 4.69) is 5.32 Å². The van der Waals surface area contributed by atoms with Crippen molar-refractivity contribution in [1.29, 1.82) is 0 Å². The first-order valence-corrected chi connectivity index (χ1v) is 10.1. The van der Waals surface area contributed by atoms with Gasteiger partial charge in [0.15, 0.2) is 0 Å². The lowest BCUT2D eigenvalue weighted by Gasteiger charge is -2.34. The Balaban J connectivity index is 1.60. The van der Waals surface area contributed by atoms with E-state index in [1.807, 2.05) is 0 Å². The fraction of sp³-hybridized carbons (Fsp3) is 0.625. The number of piperidine rings is 1. The maximum Gasteiger partial charge on any atom is 0.218 e. The van der Waals surface area contributed by atoms with E-state index in [1.54, 1.807) is 4.31 Å². The fourth-order valence-corrected chi connectivity index (χ4v) is 5.36. The summed E-state index contributed by atoms with van der Waals surface area (Å²) in [5.41, 5.74) is 0.524. The number of benzene rings is 1. The number of halogens is 2. The molecule has 0 bridgehead atoms. The van der Waals surface area contributed by atoms with Crippen molar-refractivity contribution in [2.75, 3.05) is 19.6 Å². The van der Waals surface area contributed by atoms with Gasteiger partial charge >= 0.3 is 0 Å². The summed E-state index contributed by atoms with van der Waals surface area (Å²) in [5, 5.41) is 3.47. The van der Waals surface area contributed by atoms with Crippen LogP contribution in [-0.2, 0) is 15.8 Å². The van der Waals surface area contributed by atoms with Gasteiger partial charge in [0, 0.05) is 19.1 Å². The van der Waals surface area contributed by atoms with Crippen LogP contribution in [0.2, 0.25) is 5.02 Å². The monoisotopic (exact) mass is 360 g/mol. The molecule has 1 aromatic carbocycles. The van der Waals surface area contributed by atoms with Gasteiger partial charge in [-0.05, 0) is 55.8 Å². The van der Waals surface area contributed by atoms with Gasteiger partial charge in [0.1, 0.15) is 5.82 Å². The topological polar surface area (TPSA) is 49.4 Å². The number of hydrogen-bond donors (Lipinski definition) is 1. The van der Waals surface area contributed by atoms with Crippen LogP contribution in [0.15, 0.2) is 18.2 Å². The van der Waals surface area contributed by atoms with E-state index in [9.17, 15) is 12.8 Å². The van der Waals surface area contributed by atoms with E-state index < -0.39 is 15.8 Å². The first-order chi connectivity index (χ1) is 11.0. The average molecular weight is 361 g/mol. The molecule has 23 heavy (non-hydrogen) atoms. The van der Waals surface area contributed by atoms with Crippen molar-refractivity contribution in [2.24, 2.45) is 5.92 Å². The van der Waals surface area contributed by atoms with Crippen LogP contribution in [0.5, 0.6) is 0 Å². The molecule has 1 aromatic rings. The molecule has 0 amide bonds. The number of nitrogens with one attached hydrogen (secondary N) is 1. The molecular weight excluding hydrogens is 339 g/mol. The Morgan fingerprint density at radius 3 is 2.61 bits per heavy atom. The van der Waals surface area contributed by atoms with E-state index in [-0.39, 0.29) is 10.8 Å². The Kier molecular flexibility index (Phi) is 5.26. The van der Waals surface area contributed by atoms with Crippen molar-refractivity contribution < 1.29 is 12.8 Å². The van der Waals surface area contributed by atoms with Crippen molar-refractivity contribution in [3.63, 3.8) is 0 Å². The lowest BCUT2D eigenvalue weighted by molar-refractivity contribution is 0.234. The average Bonchev–Trinajstić information content (AvgIpc) is 3.05. The van der Waals surface area contributed by atoms with Crippen molar-refractivity contribution in [1.82, 2.24) is 9.62 Å². The summed E-state index contributed by atoms with van der Waals surface area (Å²) in [5.74, 6) is -0.0822. The summed E-state index contributed by atoms with van der Waals surface area (Å²) in [6.45, 7) is 2.22. The Morgan fingerprint density at radius 2 is 2.00 bits per heavy atom. The molecule has 0 aromatic heterocycles. The highest BCUT2D eigenvalue weighted by molar-refractivity contribution is 7.88. The van der Waals surface area contributed by atoms with Crippen LogP contribution in [0.4, 0.5) is 4.39 Å². The van der Waals surface area contributed by atoms with Gasteiger partial charge in [0.25, 0.3) is 0 Å². The van der Waals surface area contributed by atoms with E-state index >= 15 is 0 Å². The minimum atomic E-state index is -3.38. The largest absolute Gasteiger partial charge is 0.314 e. The second-order valence-electron chi connectivity index (χ2n) is 6.44. The Labute approximate surface area is 142 Å². The first kappa shape index (κ1) is 17.1. The van der Waals surface area contributed by atoms with Crippen LogP contribution in [0, 0.1) is 11.7 Å². The van der Waals surface area contributed by atoms with Crippen LogP contribution in [0.25, 0.3) is 0 Å². The molecule has 0 saturated carbocycles. The molecular formula is C16H22ClFN2O2S. The summed E-state index contributed by atoms with van der Waals surface area (Å²) in [7, 11) is -3.38. The van der Waals surface area contributed by atoms with Crippen LogP contribution in [0.1, 0.15) is 31.2 Å². The molecule has 7 heteroatoms. The van der Waals surface area contributed by atoms with Crippen LogP contribution in [-0.4, -0.2) is 38.4 Å². The van der Waals surface area contributed by atoms with E-state index in [0.29, 0.717) is 30.6 Å². The van der Waals surface area contributed by atoms with Crippen molar-refractivity contribution in [3.05, 3.63) is 34.6 Å². The number of rotatable bonds is 4. The van der Waals surface area contributed by atoms with E-state index in [4.69, 9.17) is 11.6 Å². The highest BCUT2D eigenvalue weighted by Crippen LogP contribution is 2.28. The molecule has 128 valence electrons.